The summed E-state index contributed by atoms with van der Waals surface area (Å²) in [6.07, 6.45) is -12.2. The fraction of sp³-hybridized carbons (Fsp3) is 1.00. The first-order valence-electron chi connectivity index (χ1n) is 11.4. The Kier molecular flexibility index (Phi) is 21.5. The molecule has 0 bridgehead atoms. The molecule has 0 fully saturated rings. The molecule has 0 nitrogen and oxygen atoms in total. The van der Waals surface area contributed by atoms with Crippen molar-refractivity contribution in [3.05, 3.63) is 0 Å². The molecule has 0 atom stereocenters. The highest BCUT2D eigenvalue weighted by Crippen LogP contribution is 2.14. The zero-order valence-corrected chi connectivity index (χ0v) is 20.6. The van der Waals surface area contributed by atoms with Crippen LogP contribution in [0, 0.1) is 0 Å². The van der Waals surface area contributed by atoms with Crippen LogP contribution in [0.25, 0.3) is 0 Å². The minimum absolute atomic E-state index is 0.816. The largest absolute Gasteiger partial charge is 0.0656 e. The third-order valence-electron chi connectivity index (χ3n) is 6.00. The van der Waals surface area contributed by atoms with E-state index >= 15 is 0 Å². The Bertz CT molecular complexity index is 437. The Balaban J connectivity index is 0. The van der Waals surface area contributed by atoms with Crippen LogP contribution in [-0.4, -0.2) is 220 Å². The fourth-order valence-electron chi connectivity index (χ4n) is 4.75. The topological polar surface area (TPSA) is 0 Å². The normalized spacial score (nSPS) is 9.12. The van der Waals surface area contributed by atoms with Crippen molar-refractivity contribution < 1.29 is 0 Å². The second kappa shape index (κ2) is 19.1. The molecule has 0 aromatic rings. The van der Waals surface area contributed by atoms with E-state index < -0.39 is 89.4 Å². The fourth-order valence-corrected chi connectivity index (χ4v) is 4.75. The summed E-state index contributed by atoms with van der Waals surface area (Å²) in [4.78, 5) is 0. The van der Waals surface area contributed by atoms with Gasteiger partial charge in [0, 0.05) is 220 Å². The van der Waals surface area contributed by atoms with Crippen molar-refractivity contribution in [1.29, 1.82) is 0 Å². The van der Waals surface area contributed by atoms with Gasteiger partial charge in [-0.25, -0.2) is 0 Å². The van der Waals surface area contributed by atoms with Crippen LogP contribution in [0.1, 0.15) is 20.3 Å². The monoisotopic (exact) mass is 385 g/mol. The second-order valence-electron chi connectivity index (χ2n) is 8.98. The average molecular weight is 379 g/mol. The third kappa shape index (κ3) is 11.8. The molecule has 0 heterocycles. The maximum atomic E-state index is 6.25. The van der Waals surface area contributed by atoms with Crippen LogP contribution in [0.15, 0.2) is 0 Å². The van der Waals surface area contributed by atoms with Crippen molar-refractivity contribution in [3.63, 3.8) is 0 Å². The molecule has 31 heteroatoms. The molecule has 0 aromatic carbocycles. The minimum Gasteiger partial charge on any atom is -0.0656 e. The van der Waals surface area contributed by atoms with Gasteiger partial charge in [0.2, 0.25) is 0 Å². The van der Waals surface area contributed by atoms with Gasteiger partial charge in [-0.1, -0.05) is 20.3 Å². The Morgan fingerprint density at radius 1 is 0.382 bits per heavy atom. The molecule has 0 aromatic heterocycles. The van der Waals surface area contributed by atoms with Gasteiger partial charge in [-0.15, -0.1) is 0 Å². The third-order valence-corrected chi connectivity index (χ3v) is 6.00. The van der Waals surface area contributed by atoms with E-state index in [1.165, 1.54) is 13.5 Å². The first kappa shape index (κ1) is 38.2. The molecule has 0 saturated heterocycles. The van der Waals surface area contributed by atoms with Crippen molar-refractivity contribution in [2.24, 2.45) is 0 Å². The lowest BCUT2D eigenvalue weighted by Gasteiger charge is -2.50. The predicted octanol–water partition coefficient (Wildman–Crippen LogP) is -10.4. The maximum Gasteiger partial charge on any atom is 0 e. The van der Waals surface area contributed by atoms with E-state index in [-0.39, 0.29) is 0 Å². The van der Waals surface area contributed by atoms with Crippen molar-refractivity contribution in [2.75, 3.05) is 0 Å². The number of hydrogen-bond acceptors (Lipinski definition) is 0. The summed E-state index contributed by atoms with van der Waals surface area (Å²) < 4.78 is 0. The standard InChI is InChI=1S/C3H8.B31/c1-3-2;1-17-25(16)29(24(14)15)31(28(22(10)11)23(12)13)30(26(18(2)3)19(4)5)27(20(6)7)21(8)9/h3H2,1-2H3;. The van der Waals surface area contributed by atoms with E-state index in [1.807, 2.05) is 0 Å². The molecule has 113 valence electrons. The molecule has 0 amide bonds. The van der Waals surface area contributed by atoms with Crippen LogP contribution in [0.2, 0.25) is 0 Å². The maximum absolute atomic E-state index is 6.25. The molecule has 0 spiro atoms. The highest BCUT2D eigenvalue weighted by molar-refractivity contribution is 8.28. The summed E-state index contributed by atoms with van der Waals surface area (Å²) in [5.41, 5.74) is 0. The summed E-state index contributed by atoms with van der Waals surface area (Å²) in [6.45, 7) is 4.25. The molecule has 0 aliphatic carbocycles. The summed E-state index contributed by atoms with van der Waals surface area (Å²) >= 11 is 0. The Morgan fingerprint density at radius 2 is 0.559 bits per heavy atom. The van der Waals surface area contributed by atoms with Gasteiger partial charge in [0.05, 0.1) is 0 Å². The SMILES string of the molecule is CCC.[B][B]B([B])B(B([B])[B])B(B(B([B])[B])B([B])[B])B(B(B([B])[B])B([B])[B])B(B([B])[B])B([B])[B]. The van der Waals surface area contributed by atoms with Gasteiger partial charge in [-0.05, 0) is 0 Å². The van der Waals surface area contributed by atoms with E-state index in [0.29, 0.717) is 0 Å². The molecule has 0 unspecified atom stereocenters. The smallest absolute Gasteiger partial charge is 0 e. The van der Waals surface area contributed by atoms with Crippen molar-refractivity contribution in [2.45, 2.75) is 20.3 Å². The van der Waals surface area contributed by atoms with Crippen LogP contribution in [0.5, 0.6) is 0 Å². The quantitative estimate of drug-likeness (QED) is 0.263. The van der Waals surface area contributed by atoms with E-state index in [1.54, 1.807) is 0 Å². The highest BCUT2D eigenvalue weighted by atomic mass is 13.4. The van der Waals surface area contributed by atoms with Gasteiger partial charge >= 0.3 is 0 Å². The zero-order chi connectivity index (χ0) is 27.5. The summed E-state index contributed by atoms with van der Waals surface area (Å²) in [5.74, 6) is 0. The van der Waals surface area contributed by atoms with Gasteiger partial charge in [0.1, 0.15) is 0 Å². The van der Waals surface area contributed by atoms with Gasteiger partial charge in [0.25, 0.3) is 0 Å². The molecule has 0 saturated carbocycles. The lowest BCUT2D eigenvalue weighted by Crippen LogP contribution is -2.89. The molecular formula is C3H8B31. The second-order valence-corrected chi connectivity index (χ2v) is 8.98. The van der Waals surface area contributed by atoms with Crippen LogP contribution in [0.4, 0.5) is 0 Å². The first-order chi connectivity index (χ1) is 15.5. The van der Waals surface area contributed by atoms with E-state index in [2.05, 4.69) is 13.8 Å². The first-order valence-corrected chi connectivity index (χ1v) is 11.4. The summed E-state index contributed by atoms with van der Waals surface area (Å²) in [6, 6.07) is 0. The molecule has 33 radical (unpaired) electrons. The number of rotatable bonds is 14. The lowest BCUT2D eigenvalue weighted by molar-refractivity contribution is 1.09. The van der Waals surface area contributed by atoms with Crippen LogP contribution in [-0.2, 0) is 0 Å². The number of hydrogen-bond donors (Lipinski definition) is 0. The minimum atomic E-state index is -1.07. The Morgan fingerprint density at radius 3 is 0.706 bits per heavy atom. The van der Waals surface area contributed by atoms with Crippen LogP contribution >= 0.6 is 0 Å². The highest BCUT2D eigenvalue weighted by Gasteiger charge is 2.52. The van der Waals surface area contributed by atoms with Crippen molar-refractivity contribution in [1.82, 2.24) is 0 Å². The van der Waals surface area contributed by atoms with Crippen LogP contribution in [0.3, 0.4) is 0 Å². The Hall–Kier alpha value is 2.01. The molecule has 0 aliphatic rings. The Labute approximate surface area is 239 Å². The van der Waals surface area contributed by atoms with Crippen molar-refractivity contribution >= 4 is 220 Å². The van der Waals surface area contributed by atoms with Gasteiger partial charge in [-0.2, -0.15) is 0 Å². The molecule has 34 heavy (non-hydrogen) atoms. The zero-order valence-electron chi connectivity index (χ0n) is 20.6. The van der Waals surface area contributed by atoms with E-state index in [0.717, 1.165) is 0 Å². The predicted molar refractivity (Wildman–Crippen MR) is 194 cm³/mol. The van der Waals surface area contributed by atoms with Gasteiger partial charge in [-0.3, -0.25) is 0 Å². The summed E-state index contributed by atoms with van der Waals surface area (Å²) in [5, 5.41) is 0. The van der Waals surface area contributed by atoms with Crippen molar-refractivity contribution in [3.8, 4) is 0 Å². The molecular weight excluding hydrogens is 371 g/mol. The summed E-state index contributed by atoms with van der Waals surface area (Å²) in [7, 11) is 98.1. The molecule has 0 aliphatic heterocycles. The lowest BCUT2D eigenvalue weighted by atomic mass is 8.31. The van der Waals surface area contributed by atoms with E-state index in [4.69, 9.17) is 124 Å². The van der Waals surface area contributed by atoms with Gasteiger partial charge in [0.15, 0.2) is 0 Å². The molecule has 0 N–H and O–H groups in total. The average Bonchev–Trinajstić information content (AvgIpc) is 2.65. The molecule has 0 rings (SSSR count). The van der Waals surface area contributed by atoms with Gasteiger partial charge < -0.3 is 0 Å². The van der Waals surface area contributed by atoms with E-state index in [9.17, 15) is 0 Å². The van der Waals surface area contributed by atoms with Crippen LogP contribution < -0.4 is 0 Å².